The van der Waals surface area contributed by atoms with E-state index < -0.39 is 0 Å². The maximum atomic E-state index is 12.6. The molecule has 3 aromatic carbocycles. The number of benzene rings is 3. The number of carbonyl (C=O) groups excluding carboxylic acids is 1. The Morgan fingerprint density at radius 1 is 1.00 bits per heavy atom. The zero-order chi connectivity index (χ0) is 21.0. The molecule has 31 heavy (non-hydrogen) atoms. The van der Waals surface area contributed by atoms with Crippen LogP contribution < -0.4 is 10.1 Å². The minimum Gasteiger partial charge on any atom is -0.493 e. The number of fused-ring (bicyclic) bond motifs is 1. The van der Waals surface area contributed by atoms with Gasteiger partial charge in [0.05, 0.1) is 17.2 Å². The summed E-state index contributed by atoms with van der Waals surface area (Å²) in [4.78, 5) is 17.8. The van der Waals surface area contributed by atoms with E-state index in [1.165, 1.54) is 37.4 Å². The lowest BCUT2D eigenvalue weighted by molar-refractivity contribution is -0.115. The topological polar surface area (TPSA) is 50.7 Å². The van der Waals surface area contributed by atoms with Crippen molar-refractivity contribution in [2.45, 2.75) is 25.7 Å². The average molecular weight is 429 g/mol. The van der Waals surface area contributed by atoms with Gasteiger partial charge >= 0.3 is 0 Å². The van der Waals surface area contributed by atoms with Gasteiger partial charge in [0.1, 0.15) is 5.75 Å². The van der Waals surface area contributed by atoms with Crippen molar-refractivity contribution in [2.24, 2.45) is 10.9 Å². The maximum absolute atomic E-state index is 12.6. The molecule has 0 spiro atoms. The summed E-state index contributed by atoms with van der Waals surface area (Å²) in [5.74, 6) is 1.33. The van der Waals surface area contributed by atoms with Crippen molar-refractivity contribution in [3.8, 4) is 5.75 Å². The zero-order valence-electron chi connectivity index (χ0n) is 17.2. The Morgan fingerprint density at radius 3 is 2.48 bits per heavy atom. The first-order valence-electron chi connectivity index (χ1n) is 10.7. The molecular formula is C26H24N2O2S. The van der Waals surface area contributed by atoms with Gasteiger partial charge in [-0.05, 0) is 71.6 Å². The number of ether oxygens (including phenoxy) is 1. The Kier molecular flexibility index (Phi) is 5.76. The molecule has 1 heterocycles. The molecular weight excluding hydrogens is 404 g/mol. The predicted octanol–water partition coefficient (Wildman–Crippen LogP) is 6.30. The molecule has 4 nitrogen and oxygen atoms in total. The summed E-state index contributed by atoms with van der Waals surface area (Å²) in [6.07, 6.45) is 6.99. The smallest absolute Gasteiger partial charge is 0.264 e. The van der Waals surface area contributed by atoms with E-state index in [-0.39, 0.29) is 5.91 Å². The van der Waals surface area contributed by atoms with Gasteiger partial charge in [-0.15, -0.1) is 0 Å². The lowest BCUT2D eigenvalue weighted by atomic mass is 10.0. The van der Waals surface area contributed by atoms with Crippen LogP contribution in [0.3, 0.4) is 0 Å². The first-order chi connectivity index (χ1) is 15.2. The molecule has 0 unspecified atom stereocenters. The van der Waals surface area contributed by atoms with Gasteiger partial charge in [-0.2, -0.15) is 0 Å². The van der Waals surface area contributed by atoms with Crippen LogP contribution in [0.1, 0.15) is 31.2 Å². The van der Waals surface area contributed by atoms with E-state index in [9.17, 15) is 4.79 Å². The minimum absolute atomic E-state index is 0.130. The summed E-state index contributed by atoms with van der Waals surface area (Å²) in [5, 5.41) is 5.73. The van der Waals surface area contributed by atoms with Crippen LogP contribution >= 0.6 is 11.8 Å². The number of nitrogens with zero attached hydrogens (tertiary/aromatic N) is 1. The van der Waals surface area contributed by atoms with E-state index >= 15 is 0 Å². The lowest BCUT2D eigenvalue weighted by Crippen LogP contribution is -2.19. The quantitative estimate of drug-likeness (QED) is 0.485. The van der Waals surface area contributed by atoms with Crippen LogP contribution in [0.4, 0.5) is 5.69 Å². The largest absolute Gasteiger partial charge is 0.493 e. The number of hydrogen-bond donors (Lipinski definition) is 1. The molecule has 1 amide bonds. The molecule has 0 bridgehead atoms. The summed E-state index contributed by atoms with van der Waals surface area (Å²) < 4.78 is 6.28. The van der Waals surface area contributed by atoms with E-state index in [0.29, 0.717) is 16.0 Å². The SMILES string of the molecule is O=C1NC(=Nc2ccccc2)SC1=Cc1cc2ccccc2cc1OCC1CCCC1. The Balaban J connectivity index is 1.45. The summed E-state index contributed by atoms with van der Waals surface area (Å²) in [5.41, 5.74) is 1.74. The second kappa shape index (κ2) is 8.98. The number of amides is 1. The standard InChI is InChI=1S/C26H24N2O2S/c29-25-24(31-26(28-25)27-22-12-2-1-3-13-22)16-21-14-19-10-6-7-11-20(19)15-23(21)30-17-18-8-4-5-9-18/h1-3,6-7,10-16,18H,4-5,8-9,17H2,(H,27,28,29). The van der Waals surface area contributed by atoms with E-state index in [1.807, 2.05) is 48.5 Å². The zero-order valence-corrected chi connectivity index (χ0v) is 18.0. The summed E-state index contributed by atoms with van der Waals surface area (Å²) in [7, 11) is 0. The number of hydrogen-bond acceptors (Lipinski definition) is 4. The van der Waals surface area contributed by atoms with E-state index in [4.69, 9.17) is 4.74 Å². The Labute approximate surface area is 186 Å². The van der Waals surface area contributed by atoms with Crippen LogP contribution in [0.5, 0.6) is 5.75 Å². The monoisotopic (exact) mass is 428 g/mol. The normalized spacial score (nSPS) is 19.4. The Bertz CT molecular complexity index is 1160. The molecule has 2 fully saturated rings. The molecule has 2 aliphatic rings. The number of aliphatic imine (C=N–C) groups is 1. The number of amidine groups is 1. The fourth-order valence-electron chi connectivity index (χ4n) is 4.10. The van der Waals surface area contributed by atoms with Crippen molar-refractivity contribution in [3.05, 3.63) is 77.2 Å². The molecule has 1 saturated carbocycles. The van der Waals surface area contributed by atoms with Crippen molar-refractivity contribution in [1.82, 2.24) is 5.32 Å². The Hall–Kier alpha value is -3.05. The Morgan fingerprint density at radius 2 is 1.71 bits per heavy atom. The van der Waals surface area contributed by atoms with Crippen molar-refractivity contribution < 1.29 is 9.53 Å². The number of carbonyl (C=O) groups is 1. The molecule has 1 aliphatic heterocycles. The number of nitrogens with one attached hydrogen (secondary N) is 1. The van der Waals surface area contributed by atoms with Gasteiger partial charge in [0.2, 0.25) is 0 Å². The molecule has 1 aliphatic carbocycles. The summed E-state index contributed by atoms with van der Waals surface area (Å²) in [6.45, 7) is 0.731. The summed E-state index contributed by atoms with van der Waals surface area (Å²) >= 11 is 1.36. The van der Waals surface area contributed by atoms with E-state index in [1.54, 1.807) is 0 Å². The second-order valence-corrected chi connectivity index (χ2v) is 9.05. The van der Waals surface area contributed by atoms with Gasteiger partial charge in [0.15, 0.2) is 5.17 Å². The van der Waals surface area contributed by atoms with Crippen LogP contribution in [0.15, 0.2) is 76.6 Å². The second-order valence-electron chi connectivity index (χ2n) is 8.02. The fourth-order valence-corrected chi connectivity index (χ4v) is 4.93. The highest BCUT2D eigenvalue weighted by Gasteiger charge is 2.24. The molecule has 156 valence electrons. The van der Waals surface area contributed by atoms with E-state index in [0.717, 1.165) is 34.4 Å². The van der Waals surface area contributed by atoms with Crippen LogP contribution in [-0.2, 0) is 4.79 Å². The molecule has 1 saturated heterocycles. The molecule has 3 aromatic rings. The first kappa shape index (κ1) is 19.9. The van der Waals surface area contributed by atoms with Crippen LogP contribution in [-0.4, -0.2) is 17.7 Å². The third kappa shape index (κ3) is 4.67. The predicted molar refractivity (Wildman–Crippen MR) is 129 cm³/mol. The molecule has 5 heteroatoms. The highest BCUT2D eigenvalue weighted by atomic mass is 32.2. The molecule has 0 radical (unpaired) electrons. The molecule has 1 N–H and O–H groups in total. The van der Waals surface area contributed by atoms with Crippen LogP contribution in [0.2, 0.25) is 0 Å². The van der Waals surface area contributed by atoms with Gasteiger partial charge in [-0.1, -0.05) is 55.3 Å². The molecule has 0 aromatic heterocycles. The summed E-state index contributed by atoms with van der Waals surface area (Å²) in [6, 6.07) is 22.1. The van der Waals surface area contributed by atoms with Crippen molar-refractivity contribution in [1.29, 1.82) is 0 Å². The van der Waals surface area contributed by atoms with Gasteiger partial charge in [-0.25, -0.2) is 4.99 Å². The van der Waals surface area contributed by atoms with Gasteiger partial charge in [0.25, 0.3) is 5.91 Å². The highest BCUT2D eigenvalue weighted by Crippen LogP contribution is 2.34. The lowest BCUT2D eigenvalue weighted by Gasteiger charge is -2.15. The van der Waals surface area contributed by atoms with Crippen LogP contribution in [0.25, 0.3) is 16.8 Å². The molecule has 5 rings (SSSR count). The third-order valence-corrected chi connectivity index (χ3v) is 6.66. The first-order valence-corrected chi connectivity index (χ1v) is 11.6. The minimum atomic E-state index is -0.130. The van der Waals surface area contributed by atoms with Crippen molar-refractivity contribution in [2.75, 3.05) is 6.61 Å². The average Bonchev–Trinajstić information content (AvgIpc) is 3.43. The van der Waals surface area contributed by atoms with E-state index in [2.05, 4.69) is 34.6 Å². The number of rotatable bonds is 5. The van der Waals surface area contributed by atoms with Gasteiger partial charge in [-0.3, -0.25) is 4.79 Å². The molecule has 0 atom stereocenters. The van der Waals surface area contributed by atoms with Crippen molar-refractivity contribution >= 4 is 45.4 Å². The van der Waals surface area contributed by atoms with Crippen LogP contribution in [0, 0.1) is 5.92 Å². The van der Waals surface area contributed by atoms with Gasteiger partial charge < -0.3 is 10.1 Å². The third-order valence-electron chi connectivity index (χ3n) is 5.75. The highest BCUT2D eigenvalue weighted by molar-refractivity contribution is 8.18. The maximum Gasteiger partial charge on any atom is 0.264 e. The van der Waals surface area contributed by atoms with Crippen molar-refractivity contribution in [3.63, 3.8) is 0 Å². The number of thioether (sulfide) groups is 1. The number of para-hydroxylation sites is 1. The fraction of sp³-hybridized carbons (Fsp3) is 0.231. The van der Waals surface area contributed by atoms with Gasteiger partial charge in [0, 0.05) is 5.56 Å².